The van der Waals surface area contributed by atoms with Gasteiger partial charge in [0.1, 0.15) is 11.2 Å². The lowest BCUT2D eigenvalue weighted by Crippen LogP contribution is -1.95. The zero-order valence-corrected chi connectivity index (χ0v) is 18.8. The first-order chi connectivity index (χ1) is 17.3. The van der Waals surface area contributed by atoms with Crippen molar-refractivity contribution in [3.8, 4) is 33.8 Å². The molecule has 0 aliphatic carbocycles. The second kappa shape index (κ2) is 7.93. The molecule has 0 saturated heterocycles. The molecule has 3 heteroatoms. The quantitative estimate of drug-likeness (QED) is 0.272. The summed E-state index contributed by atoms with van der Waals surface area (Å²) < 4.78 is 6.05. The van der Waals surface area contributed by atoms with Crippen LogP contribution >= 0.6 is 0 Å². The zero-order chi connectivity index (χ0) is 23.2. The number of nitrogens with zero attached hydrogens (tertiary/aromatic N) is 2. The number of aromatic nitrogens is 2. The predicted molar refractivity (Wildman–Crippen MR) is 143 cm³/mol. The number of fused-ring (bicyclic) bond motifs is 4. The largest absolute Gasteiger partial charge is 0.456 e. The molecule has 0 unspecified atom stereocenters. The Morgan fingerprint density at radius 2 is 1.14 bits per heavy atom. The molecule has 0 amide bonds. The Bertz CT molecular complexity index is 1850. The van der Waals surface area contributed by atoms with Crippen LogP contribution in [0.5, 0.6) is 0 Å². The molecule has 7 rings (SSSR count). The molecule has 0 radical (unpaired) electrons. The van der Waals surface area contributed by atoms with E-state index in [2.05, 4.69) is 78.9 Å². The summed E-state index contributed by atoms with van der Waals surface area (Å²) in [5.41, 5.74) is 7.98. The lowest BCUT2D eigenvalue weighted by molar-refractivity contribution is 0.669. The minimum Gasteiger partial charge on any atom is -0.456 e. The summed E-state index contributed by atoms with van der Waals surface area (Å²) in [6.45, 7) is 0. The van der Waals surface area contributed by atoms with E-state index in [9.17, 15) is 0 Å². The molecule has 2 heterocycles. The van der Waals surface area contributed by atoms with Gasteiger partial charge in [0, 0.05) is 27.3 Å². The third-order valence-corrected chi connectivity index (χ3v) is 6.48. The summed E-state index contributed by atoms with van der Waals surface area (Å²) >= 11 is 0. The number of benzene rings is 5. The molecule has 0 atom stereocenters. The molecule has 0 fully saturated rings. The van der Waals surface area contributed by atoms with Crippen LogP contribution in [0.4, 0.5) is 0 Å². The van der Waals surface area contributed by atoms with E-state index in [1.54, 1.807) is 0 Å². The summed E-state index contributed by atoms with van der Waals surface area (Å²) in [7, 11) is 0. The van der Waals surface area contributed by atoms with Gasteiger partial charge in [-0.2, -0.15) is 0 Å². The topological polar surface area (TPSA) is 38.9 Å². The van der Waals surface area contributed by atoms with E-state index in [1.807, 2.05) is 42.5 Å². The van der Waals surface area contributed by atoms with Crippen molar-refractivity contribution in [3.63, 3.8) is 0 Å². The van der Waals surface area contributed by atoms with Crippen molar-refractivity contribution in [1.29, 1.82) is 0 Å². The van der Waals surface area contributed by atoms with Gasteiger partial charge >= 0.3 is 0 Å². The molecule has 5 aromatic carbocycles. The van der Waals surface area contributed by atoms with Crippen LogP contribution in [-0.4, -0.2) is 9.97 Å². The summed E-state index contributed by atoms with van der Waals surface area (Å²) in [5, 5.41) is 3.23. The molecule has 0 spiro atoms. The Balaban J connectivity index is 1.44. The van der Waals surface area contributed by atoms with Gasteiger partial charge < -0.3 is 4.42 Å². The third kappa shape index (κ3) is 3.37. The van der Waals surface area contributed by atoms with Gasteiger partial charge in [0.2, 0.25) is 0 Å². The van der Waals surface area contributed by atoms with Gasteiger partial charge in [-0.3, -0.25) is 0 Å². The van der Waals surface area contributed by atoms with E-state index >= 15 is 0 Å². The molecule has 0 aliphatic rings. The summed E-state index contributed by atoms with van der Waals surface area (Å²) in [4.78, 5) is 10.0. The van der Waals surface area contributed by atoms with Crippen LogP contribution in [0.25, 0.3) is 66.6 Å². The Hall–Kier alpha value is -4.76. The minimum absolute atomic E-state index is 0.716. The number of para-hydroxylation sites is 2. The van der Waals surface area contributed by atoms with E-state index in [0.29, 0.717) is 5.82 Å². The molecule has 0 saturated carbocycles. The Morgan fingerprint density at radius 1 is 0.429 bits per heavy atom. The van der Waals surface area contributed by atoms with E-state index < -0.39 is 0 Å². The number of furan rings is 1. The van der Waals surface area contributed by atoms with Crippen molar-refractivity contribution in [1.82, 2.24) is 9.97 Å². The average Bonchev–Trinajstić information content (AvgIpc) is 3.31. The summed E-state index contributed by atoms with van der Waals surface area (Å²) in [5.74, 6) is 0.716. The van der Waals surface area contributed by atoms with Crippen molar-refractivity contribution in [2.45, 2.75) is 0 Å². The summed E-state index contributed by atoms with van der Waals surface area (Å²) in [6.07, 6.45) is 0. The maximum absolute atomic E-state index is 6.05. The van der Waals surface area contributed by atoms with Gasteiger partial charge in [-0.15, -0.1) is 0 Å². The first-order valence-electron chi connectivity index (χ1n) is 11.7. The molecule has 7 aromatic rings. The molecule has 164 valence electrons. The molecule has 0 N–H and O–H groups in total. The average molecular weight is 449 g/mol. The van der Waals surface area contributed by atoms with Gasteiger partial charge in [0.15, 0.2) is 5.82 Å². The lowest BCUT2D eigenvalue weighted by Gasteiger charge is -2.10. The lowest BCUT2D eigenvalue weighted by atomic mass is 10.0. The van der Waals surface area contributed by atoms with Crippen LogP contribution in [0.2, 0.25) is 0 Å². The van der Waals surface area contributed by atoms with Crippen LogP contribution in [0.1, 0.15) is 0 Å². The summed E-state index contributed by atoms with van der Waals surface area (Å²) in [6, 6.07) is 41.5. The fourth-order valence-electron chi connectivity index (χ4n) is 4.77. The maximum atomic E-state index is 6.05. The first-order valence-corrected chi connectivity index (χ1v) is 11.7. The minimum atomic E-state index is 0.716. The Labute approximate surface area is 202 Å². The van der Waals surface area contributed by atoms with Crippen LogP contribution in [0.3, 0.4) is 0 Å². The molecular weight excluding hydrogens is 428 g/mol. The maximum Gasteiger partial charge on any atom is 0.160 e. The Morgan fingerprint density at radius 3 is 2.06 bits per heavy atom. The van der Waals surface area contributed by atoms with Crippen molar-refractivity contribution < 1.29 is 4.42 Å². The van der Waals surface area contributed by atoms with Gasteiger partial charge in [-0.25, -0.2) is 9.97 Å². The van der Waals surface area contributed by atoms with Crippen LogP contribution < -0.4 is 0 Å². The molecule has 3 nitrogen and oxygen atoms in total. The number of hydrogen-bond donors (Lipinski definition) is 0. The first kappa shape index (κ1) is 19.7. The molecular formula is C32H20N2O. The Kier molecular flexibility index (Phi) is 4.46. The van der Waals surface area contributed by atoms with Crippen molar-refractivity contribution >= 4 is 32.8 Å². The van der Waals surface area contributed by atoms with Gasteiger partial charge in [0.25, 0.3) is 0 Å². The molecule has 2 aromatic heterocycles. The van der Waals surface area contributed by atoms with Gasteiger partial charge in [-0.05, 0) is 47.5 Å². The monoisotopic (exact) mass is 448 g/mol. The molecule has 0 aliphatic heterocycles. The molecule has 35 heavy (non-hydrogen) atoms. The highest BCUT2D eigenvalue weighted by molar-refractivity contribution is 6.07. The van der Waals surface area contributed by atoms with Crippen molar-refractivity contribution in [2.24, 2.45) is 0 Å². The SMILES string of the molecule is c1ccc(-c2cccc(-c3nc(-c4ccc5oc6ccccc6c5c4)c4ccccc4n3)c2)cc1. The smallest absolute Gasteiger partial charge is 0.160 e. The highest BCUT2D eigenvalue weighted by atomic mass is 16.3. The normalized spacial score (nSPS) is 11.4. The van der Waals surface area contributed by atoms with Gasteiger partial charge in [0.05, 0.1) is 11.2 Å². The fraction of sp³-hybridized carbons (Fsp3) is 0. The van der Waals surface area contributed by atoms with E-state index in [1.165, 1.54) is 5.56 Å². The van der Waals surface area contributed by atoms with Crippen LogP contribution in [0.15, 0.2) is 126 Å². The second-order valence-electron chi connectivity index (χ2n) is 8.67. The predicted octanol–water partition coefficient (Wildman–Crippen LogP) is 8.53. The van der Waals surface area contributed by atoms with Crippen LogP contribution in [0, 0.1) is 0 Å². The highest BCUT2D eigenvalue weighted by Gasteiger charge is 2.14. The van der Waals surface area contributed by atoms with E-state index in [4.69, 9.17) is 14.4 Å². The number of rotatable bonds is 3. The number of hydrogen-bond acceptors (Lipinski definition) is 3. The van der Waals surface area contributed by atoms with Gasteiger partial charge in [-0.1, -0.05) is 84.9 Å². The van der Waals surface area contributed by atoms with E-state index in [-0.39, 0.29) is 0 Å². The van der Waals surface area contributed by atoms with E-state index in [0.717, 1.165) is 55.2 Å². The standard InChI is InChI=1S/C32H20N2O/c1-2-9-21(10-3-1)22-11-8-12-24(19-22)32-33-28-15-6-4-14-26(28)31(34-32)23-17-18-30-27(20-23)25-13-5-7-16-29(25)35-30/h1-20H. The molecule has 0 bridgehead atoms. The second-order valence-corrected chi connectivity index (χ2v) is 8.67. The third-order valence-electron chi connectivity index (χ3n) is 6.48. The van der Waals surface area contributed by atoms with Crippen molar-refractivity contribution in [2.75, 3.05) is 0 Å². The highest BCUT2D eigenvalue weighted by Crippen LogP contribution is 2.35. The zero-order valence-electron chi connectivity index (χ0n) is 18.8. The van der Waals surface area contributed by atoms with Crippen LogP contribution in [-0.2, 0) is 0 Å². The fourth-order valence-corrected chi connectivity index (χ4v) is 4.77. The van der Waals surface area contributed by atoms with Crippen molar-refractivity contribution in [3.05, 3.63) is 121 Å².